The standard InChI is InChI=1S/C23H28FN3O/c1-26-14-11-17(12-15-26)23(28)27-13-5-6-18(16-27)21-9-4-10-22(25-21)19-7-2-3-8-20(19)24/h2-4,7-10,17-18H,5-6,11-16H2,1H3/t18-/m1/s1. The molecule has 2 saturated heterocycles. The highest BCUT2D eigenvalue weighted by Crippen LogP contribution is 2.30. The first kappa shape index (κ1) is 19.1. The van der Waals surface area contributed by atoms with Gasteiger partial charge in [-0.05, 0) is 70.1 Å². The molecule has 1 amide bonds. The second-order valence-corrected chi connectivity index (χ2v) is 8.13. The summed E-state index contributed by atoms with van der Waals surface area (Å²) in [7, 11) is 2.12. The van der Waals surface area contributed by atoms with E-state index in [1.54, 1.807) is 12.1 Å². The van der Waals surface area contributed by atoms with Crippen LogP contribution >= 0.6 is 0 Å². The minimum absolute atomic E-state index is 0.160. The summed E-state index contributed by atoms with van der Waals surface area (Å²) in [5.41, 5.74) is 2.15. The highest BCUT2D eigenvalue weighted by Gasteiger charge is 2.31. The first-order valence-electron chi connectivity index (χ1n) is 10.3. The predicted molar refractivity (Wildman–Crippen MR) is 108 cm³/mol. The minimum atomic E-state index is -0.255. The molecule has 0 bridgehead atoms. The zero-order valence-electron chi connectivity index (χ0n) is 16.5. The summed E-state index contributed by atoms with van der Waals surface area (Å²) in [6, 6.07) is 12.6. The maximum Gasteiger partial charge on any atom is 0.225 e. The molecule has 0 unspecified atom stereocenters. The largest absolute Gasteiger partial charge is 0.342 e. The molecule has 0 N–H and O–H groups in total. The molecule has 1 aromatic carbocycles. The zero-order chi connectivity index (χ0) is 19.5. The minimum Gasteiger partial charge on any atom is -0.342 e. The monoisotopic (exact) mass is 381 g/mol. The molecule has 2 aliphatic heterocycles. The van der Waals surface area contributed by atoms with Gasteiger partial charge in [-0.1, -0.05) is 18.2 Å². The number of likely N-dealkylation sites (tertiary alicyclic amines) is 2. The summed E-state index contributed by atoms with van der Waals surface area (Å²) in [6.45, 7) is 3.56. The van der Waals surface area contributed by atoms with Crippen LogP contribution in [0.25, 0.3) is 11.3 Å². The van der Waals surface area contributed by atoms with E-state index in [1.165, 1.54) is 6.07 Å². The van der Waals surface area contributed by atoms with Crippen LogP contribution in [0.4, 0.5) is 4.39 Å². The molecular formula is C23H28FN3O. The number of benzene rings is 1. The Kier molecular flexibility index (Phi) is 5.72. The first-order chi connectivity index (χ1) is 13.6. The van der Waals surface area contributed by atoms with Crippen LogP contribution in [0.2, 0.25) is 0 Å². The summed E-state index contributed by atoms with van der Waals surface area (Å²) in [5, 5.41) is 0. The molecule has 148 valence electrons. The number of piperidine rings is 2. The number of rotatable bonds is 3. The molecule has 0 saturated carbocycles. The Hall–Kier alpha value is -2.27. The maximum atomic E-state index is 14.2. The second kappa shape index (κ2) is 8.39. The summed E-state index contributed by atoms with van der Waals surface area (Å²) in [4.78, 5) is 22.1. The van der Waals surface area contributed by atoms with Crippen LogP contribution in [0.3, 0.4) is 0 Å². The van der Waals surface area contributed by atoms with E-state index in [1.807, 2.05) is 29.2 Å². The van der Waals surface area contributed by atoms with Crippen LogP contribution < -0.4 is 0 Å². The van der Waals surface area contributed by atoms with Crippen LogP contribution in [0.1, 0.15) is 37.3 Å². The molecule has 1 atom stereocenters. The highest BCUT2D eigenvalue weighted by atomic mass is 19.1. The van der Waals surface area contributed by atoms with Gasteiger partial charge in [-0.25, -0.2) is 4.39 Å². The number of nitrogens with zero attached hydrogens (tertiary/aromatic N) is 3. The lowest BCUT2D eigenvalue weighted by molar-refractivity contribution is -0.138. The molecule has 28 heavy (non-hydrogen) atoms. The first-order valence-corrected chi connectivity index (χ1v) is 10.3. The van der Waals surface area contributed by atoms with Crippen molar-refractivity contribution in [1.29, 1.82) is 0 Å². The van der Waals surface area contributed by atoms with Gasteiger partial charge in [0, 0.05) is 36.2 Å². The van der Waals surface area contributed by atoms with E-state index in [4.69, 9.17) is 4.98 Å². The molecule has 0 spiro atoms. The molecule has 2 fully saturated rings. The van der Waals surface area contributed by atoms with Gasteiger partial charge in [0.1, 0.15) is 5.82 Å². The van der Waals surface area contributed by atoms with Crippen LogP contribution in [-0.4, -0.2) is 53.9 Å². The molecule has 2 aromatic rings. The Balaban J connectivity index is 1.48. The van der Waals surface area contributed by atoms with Crippen LogP contribution in [0.15, 0.2) is 42.5 Å². The lowest BCUT2D eigenvalue weighted by atomic mass is 9.90. The maximum absolute atomic E-state index is 14.2. The molecular weight excluding hydrogens is 353 g/mol. The fourth-order valence-corrected chi connectivity index (χ4v) is 4.43. The van der Waals surface area contributed by atoms with E-state index in [-0.39, 0.29) is 17.7 Å². The molecule has 0 radical (unpaired) electrons. The average molecular weight is 381 g/mol. The topological polar surface area (TPSA) is 36.4 Å². The number of aromatic nitrogens is 1. The number of halogens is 1. The van der Waals surface area contributed by atoms with E-state index in [2.05, 4.69) is 11.9 Å². The fraction of sp³-hybridized carbons (Fsp3) is 0.478. The number of hydrogen-bond donors (Lipinski definition) is 0. The van der Waals surface area contributed by atoms with Gasteiger partial charge < -0.3 is 9.80 Å². The average Bonchev–Trinajstić information content (AvgIpc) is 2.74. The predicted octanol–water partition coefficient (Wildman–Crippen LogP) is 3.94. The van der Waals surface area contributed by atoms with E-state index in [0.29, 0.717) is 17.2 Å². The van der Waals surface area contributed by atoms with Gasteiger partial charge in [-0.3, -0.25) is 9.78 Å². The number of hydrogen-bond acceptors (Lipinski definition) is 3. The summed E-state index contributed by atoms with van der Waals surface area (Å²) < 4.78 is 14.2. The van der Waals surface area contributed by atoms with Crippen molar-refractivity contribution in [1.82, 2.24) is 14.8 Å². The number of pyridine rings is 1. The van der Waals surface area contributed by atoms with Crippen molar-refractivity contribution in [3.63, 3.8) is 0 Å². The van der Waals surface area contributed by atoms with Crippen molar-refractivity contribution in [2.24, 2.45) is 5.92 Å². The number of amides is 1. The van der Waals surface area contributed by atoms with Gasteiger partial charge in [-0.2, -0.15) is 0 Å². The molecule has 1 aromatic heterocycles. The summed E-state index contributed by atoms with van der Waals surface area (Å²) in [5.74, 6) is 0.432. The van der Waals surface area contributed by atoms with Gasteiger partial charge in [0.2, 0.25) is 5.91 Å². The van der Waals surface area contributed by atoms with Gasteiger partial charge in [0.25, 0.3) is 0 Å². The van der Waals surface area contributed by atoms with Crippen LogP contribution in [0, 0.1) is 11.7 Å². The summed E-state index contributed by atoms with van der Waals surface area (Å²) in [6.07, 6.45) is 3.93. The van der Waals surface area contributed by atoms with Crippen molar-refractivity contribution < 1.29 is 9.18 Å². The van der Waals surface area contributed by atoms with Gasteiger partial charge >= 0.3 is 0 Å². The quantitative estimate of drug-likeness (QED) is 0.808. The lowest BCUT2D eigenvalue weighted by Gasteiger charge is -2.37. The molecule has 4 nitrogen and oxygen atoms in total. The van der Waals surface area contributed by atoms with Crippen LogP contribution in [-0.2, 0) is 4.79 Å². The Bertz CT molecular complexity index is 832. The lowest BCUT2D eigenvalue weighted by Crippen LogP contribution is -2.45. The summed E-state index contributed by atoms with van der Waals surface area (Å²) >= 11 is 0. The second-order valence-electron chi connectivity index (χ2n) is 8.13. The third-order valence-corrected chi connectivity index (χ3v) is 6.14. The molecule has 0 aliphatic carbocycles. The Labute approximate surface area is 166 Å². The Morgan fingerprint density at radius 1 is 1.04 bits per heavy atom. The van der Waals surface area contributed by atoms with Crippen molar-refractivity contribution in [2.45, 2.75) is 31.6 Å². The Morgan fingerprint density at radius 3 is 2.61 bits per heavy atom. The number of carbonyl (C=O) groups is 1. The molecule has 3 heterocycles. The third kappa shape index (κ3) is 4.09. The number of carbonyl (C=O) groups excluding carboxylic acids is 1. The van der Waals surface area contributed by atoms with Crippen molar-refractivity contribution in [2.75, 3.05) is 33.2 Å². The van der Waals surface area contributed by atoms with Gasteiger partial charge in [0.05, 0.1) is 5.69 Å². The third-order valence-electron chi connectivity index (χ3n) is 6.14. The molecule has 5 heteroatoms. The molecule has 2 aliphatic rings. The highest BCUT2D eigenvalue weighted by molar-refractivity contribution is 5.79. The fourth-order valence-electron chi connectivity index (χ4n) is 4.43. The van der Waals surface area contributed by atoms with E-state index in [0.717, 1.165) is 57.6 Å². The van der Waals surface area contributed by atoms with Crippen LogP contribution in [0.5, 0.6) is 0 Å². The SMILES string of the molecule is CN1CCC(C(=O)N2CCC[C@@H](c3cccc(-c4ccccc4F)n3)C2)CC1. The van der Waals surface area contributed by atoms with E-state index < -0.39 is 0 Å². The van der Waals surface area contributed by atoms with Crippen molar-refractivity contribution in [3.05, 3.63) is 54.0 Å². The van der Waals surface area contributed by atoms with E-state index >= 15 is 0 Å². The van der Waals surface area contributed by atoms with Crippen molar-refractivity contribution >= 4 is 5.91 Å². The van der Waals surface area contributed by atoms with E-state index in [9.17, 15) is 9.18 Å². The van der Waals surface area contributed by atoms with Gasteiger partial charge in [0.15, 0.2) is 0 Å². The molecule has 4 rings (SSSR count). The zero-order valence-corrected chi connectivity index (χ0v) is 16.5. The Morgan fingerprint density at radius 2 is 1.82 bits per heavy atom. The van der Waals surface area contributed by atoms with Crippen molar-refractivity contribution in [3.8, 4) is 11.3 Å². The van der Waals surface area contributed by atoms with Gasteiger partial charge in [-0.15, -0.1) is 0 Å². The smallest absolute Gasteiger partial charge is 0.225 e. The normalized spacial score (nSPS) is 21.6.